The van der Waals surface area contributed by atoms with E-state index in [1.165, 1.54) is 0 Å². The van der Waals surface area contributed by atoms with Crippen LogP contribution in [0.15, 0.2) is 206 Å². The fourth-order valence-corrected chi connectivity index (χ4v) is 9.25. The number of nitrogens with zero attached hydrogens (tertiary/aromatic N) is 4. The molecule has 0 unspecified atom stereocenters. The molecule has 11 rings (SSSR count). The van der Waals surface area contributed by atoms with E-state index in [0.29, 0.717) is 33.6 Å². The number of hydrogen-bond donors (Lipinski definition) is 0. The third kappa shape index (κ3) is 5.37. The molecule has 2 heterocycles. The number of aromatic nitrogens is 2. The van der Waals surface area contributed by atoms with Crippen molar-refractivity contribution in [1.82, 2.24) is 9.13 Å². The molecule has 0 fully saturated rings. The van der Waals surface area contributed by atoms with Gasteiger partial charge in [0.15, 0.2) is 0 Å². The second-order valence-electron chi connectivity index (χ2n) is 15.1. The van der Waals surface area contributed by atoms with E-state index in [9.17, 15) is 10.5 Å². The Balaban J connectivity index is 1.39. The van der Waals surface area contributed by atoms with Crippen molar-refractivity contribution in [3.63, 3.8) is 0 Å². The van der Waals surface area contributed by atoms with Gasteiger partial charge >= 0.3 is 0 Å². The standard InChI is InChI=1S/C56H34N4/c57-35-47-53(41-23-15-21-39(33-41)37-17-3-1-4-18-37)55(59-49-29-11-7-25-43(49)44-26-8-12-30-50(44)59)48(36-58)54(42-24-16-22-40(34-42)38-19-5-2-6-20-38)56(47)60-51-31-13-9-27-45(51)46-28-10-14-32-52(46)60/h1-34H. The highest BCUT2D eigenvalue weighted by molar-refractivity contribution is 6.13. The summed E-state index contributed by atoms with van der Waals surface area (Å²) < 4.78 is 4.43. The third-order valence-electron chi connectivity index (χ3n) is 11.8. The molecule has 4 nitrogen and oxygen atoms in total. The van der Waals surface area contributed by atoms with E-state index in [-0.39, 0.29) is 0 Å². The Labute approximate surface area is 347 Å². The van der Waals surface area contributed by atoms with Gasteiger partial charge in [-0.05, 0) is 69.8 Å². The van der Waals surface area contributed by atoms with Crippen molar-refractivity contribution in [2.24, 2.45) is 0 Å². The van der Waals surface area contributed by atoms with Crippen LogP contribution in [0, 0.1) is 22.7 Å². The van der Waals surface area contributed by atoms with Crippen molar-refractivity contribution >= 4 is 43.6 Å². The number of hydrogen-bond acceptors (Lipinski definition) is 2. The van der Waals surface area contributed by atoms with Gasteiger partial charge in [-0.1, -0.05) is 170 Å². The quantitative estimate of drug-likeness (QED) is 0.169. The summed E-state index contributed by atoms with van der Waals surface area (Å²) >= 11 is 0. The molecular weight excluding hydrogens is 729 g/mol. The summed E-state index contributed by atoms with van der Waals surface area (Å²) in [4.78, 5) is 0. The number of benzene rings is 9. The Morgan fingerprint density at radius 1 is 0.283 bits per heavy atom. The van der Waals surface area contributed by atoms with Crippen LogP contribution >= 0.6 is 0 Å². The van der Waals surface area contributed by atoms with Crippen LogP contribution in [0.2, 0.25) is 0 Å². The van der Waals surface area contributed by atoms with Gasteiger partial charge in [-0.2, -0.15) is 10.5 Å². The van der Waals surface area contributed by atoms with Crippen LogP contribution in [0.1, 0.15) is 11.1 Å². The smallest absolute Gasteiger partial charge is 0.102 e. The molecule has 60 heavy (non-hydrogen) atoms. The maximum atomic E-state index is 12.0. The topological polar surface area (TPSA) is 57.4 Å². The van der Waals surface area contributed by atoms with E-state index in [0.717, 1.165) is 77.0 Å². The van der Waals surface area contributed by atoms with Crippen molar-refractivity contribution in [3.8, 4) is 68.0 Å². The van der Waals surface area contributed by atoms with E-state index in [1.54, 1.807) is 0 Å². The summed E-state index contributed by atoms with van der Waals surface area (Å²) in [6, 6.07) is 76.4. The van der Waals surface area contributed by atoms with Crippen molar-refractivity contribution < 1.29 is 0 Å². The zero-order valence-electron chi connectivity index (χ0n) is 32.4. The SMILES string of the molecule is N#Cc1c(-c2cccc(-c3ccccc3)c2)c(-n2c3ccccc3c3ccccc32)c(C#N)c(-c2cccc(-c3ccccc3)c2)c1-n1c2ccccc2c2ccccc21. The first-order valence-corrected chi connectivity index (χ1v) is 20.1. The Morgan fingerprint density at radius 3 is 0.900 bits per heavy atom. The normalized spacial score (nSPS) is 11.3. The van der Waals surface area contributed by atoms with Crippen LogP contribution < -0.4 is 0 Å². The third-order valence-corrected chi connectivity index (χ3v) is 11.8. The minimum absolute atomic E-state index is 0.475. The van der Waals surface area contributed by atoms with Gasteiger partial charge in [-0.15, -0.1) is 0 Å². The minimum atomic E-state index is 0.475. The predicted octanol–water partition coefficient (Wildman–Crippen LogP) is 14.3. The van der Waals surface area contributed by atoms with E-state index in [4.69, 9.17) is 0 Å². The van der Waals surface area contributed by atoms with Crippen LogP contribution in [0.5, 0.6) is 0 Å². The Morgan fingerprint density at radius 2 is 0.567 bits per heavy atom. The molecule has 0 atom stereocenters. The summed E-state index contributed by atoms with van der Waals surface area (Å²) in [6.45, 7) is 0. The van der Waals surface area contributed by atoms with Crippen LogP contribution in [-0.4, -0.2) is 9.13 Å². The summed E-state index contributed by atoms with van der Waals surface area (Å²) in [5.41, 5.74) is 13.3. The molecule has 0 radical (unpaired) electrons. The van der Waals surface area contributed by atoms with Gasteiger partial charge in [0.2, 0.25) is 0 Å². The molecule has 0 spiro atoms. The average Bonchev–Trinajstić information content (AvgIpc) is 3.84. The lowest BCUT2D eigenvalue weighted by molar-refractivity contribution is 1.13. The highest BCUT2D eigenvalue weighted by atomic mass is 15.0. The molecule has 0 amide bonds. The first-order valence-electron chi connectivity index (χ1n) is 20.1. The molecule has 0 saturated carbocycles. The highest BCUT2D eigenvalue weighted by Gasteiger charge is 2.31. The second-order valence-corrected chi connectivity index (χ2v) is 15.1. The van der Waals surface area contributed by atoms with Crippen LogP contribution in [0.25, 0.3) is 99.5 Å². The molecule has 0 aliphatic heterocycles. The Hall–Kier alpha value is -8.44. The first kappa shape index (κ1) is 34.8. The largest absolute Gasteiger partial charge is 0.307 e. The zero-order valence-corrected chi connectivity index (χ0v) is 32.4. The number of nitriles is 2. The maximum Gasteiger partial charge on any atom is 0.102 e. The summed E-state index contributed by atoms with van der Waals surface area (Å²) in [7, 11) is 0. The molecule has 0 aliphatic carbocycles. The summed E-state index contributed by atoms with van der Waals surface area (Å²) in [5, 5.41) is 28.2. The number of fused-ring (bicyclic) bond motifs is 6. The van der Waals surface area contributed by atoms with E-state index in [2.05, 4.69) is 167 Å². The van der Waals surface area contributed by atoms with Crippen molar-refractivity contribution in [1.29, 1.82) is 10.5 Å². The molecule has 0 bridgehead atoms. The maximum absolute atomic E-state index is 12.0. The van der Waals surface area contributed by atoms with Gasteiger partial charge in [-0.3, -0.25) is 0 Å². The molecule has 0 aliphatic rings. The zero-order chi connectivity index (χ0) is 40.2. The van der Waals surface area contributed by atoms with E-state index < -0.39 is 0 Å². The van der Waals surface area contributed by atoms with Crippen LogP contribution in [-0.2, 0) is 0 Å². The molecule has 11 aromatic rings. The summed E-state index contributed by atoms with van der Waals surface area (Å²) in [5.74, 6) is 0. The van der Waals surface area contributed by atoms with E-state index in [1.807, 2.05) is 60.7 Å². The number of rotatable bonds is 6. The summed E-state index contributed by atoms with van der Waals surface area (Å²) in [6.07, 6.45) is 0. The minimum Gasteiger partial charge on any atom is -0.307 e. The van der Waals surface area contributed by atoms with Gasteiger partial charge in [0.25, 0.3) is 0 Å². The molecule has 0 saturated heterocycles. The van der Waals surface area contributed by atoms with Crippen molar-refractivity contribution in [2.45, 2.75) is 0 Å². The average molecular weight is 763 g/mol. The molecule has 278 valence electrons. The van der Waals surface area contributed by atoms with Gasteiger partial charge in [0, 0.05) is 32.7 Å². The molecule has 2 aromatic heterocycles. The fraction of sp³-hybridized carbons (Fsp3) is 0. The van der Waals surface area contributed by atoms with Crippen molar-refractivity contribution in [2.75, 3.05) is 0 Å². The van der Waals surface area contributed by atoms with Crippen LogP contribution in [0.3, 0.4) is 0 Å². The second kappa shape index (κ2) is 14.2. The lowest BCUT2D eigenvalue weighted by Crippen LogP contribution is -2.11. The Bertz CT molecular complexity index is 3210. The molecule has 9 aromatic carbocycles. The number of para-hydroxylation sites is 4. The van der Waals surface area contributed by atoms with Gasteiger partial charge in [0.1, 0.15) is 12.1 Å². The fourth-order valence-electron chi connectivity index (χ4n) is 9.25. The monoisotopic (exact) mass is 762 g/mol. The lowest BCUT2D eigenvalue weighted by Gasteiger charge is -2.25. The van der Waals surface area contributed by atoms with Gasteiger partial charge in [0.05, 0.1) is 44.6 Å². The first-order chi connectivity index (χ1) is 29.7. The Kier molecular flexibility index (Phi) is 8.22. The molecule has 4 heteroatoms. The molecular formula is C56H34N4. The van der Waals surface area contributed by atoms with Gasteiger partial charge < -0.3 is 9.13 Å². The molecule has 0 N–H and O–H groups in total. The van der Waals surface area contributed by atoms with Gasteiger partial charge in [-0.25, -0.2) is 0 Å². The van der Waals surface area contributed by atoms with E-state index >= 15 is 0 Å². The van der Waals surface area contributed by atoms with Crippen molar-refractivity contribution in [3.05, 3.63) is 217 Å². The predicted molar refractivity (Wildman–Crippen MR) is 246 cm³/mol. The lowest BCUT2D eigenvalue weighted by atomic mass is 9.85. The van der Waals surface area contributed by atoms with Crippen LogP contribution in [0.4, 0.5) is 0 Å². The highest BCUT2D eigenvalue weighted by Crippen LogP contribution is 2.49.